The van der Waals surface area contributed by atoms with Gasteiger partial charge in [-0.2, -0.15) is 0 Å². The van der Waals surface area contributed by atoms with Gasteiger partial charge in [0.25, 0.3) is 0 Å². The molecule has 0 saturated heterocycles. The van der Waals surface area contributed by atoms with E-state index in [0.717, 1.165) is 0 Å². The Morgan fingerprint density at radius 3 is 2.37 bits per heavy atom. The highest BCUT2D eigenvalue weighted by atomic mass is 79.9. The zero-order chi connectivity index (χ0) is 15.1. The number of halogens is 1. The van der Waals surface area contributed by atoms with E-state index in [1.807, 2.05) is 0 Å². The van der Waals surface area contributed by atoms with E-state index in [-0.39, 0.29) is 24.9 Å². The van der Waals surface area contributed by atoms with Crippen LogP contribution in [0.5, 0.6) is 0 Å². The highest BCUT2D eigenvalue weighted by molar-refractivity contribution is 9.09. The third-order valence-electron chi connectivity index (χ3n) is 2.36. The Labute approximate surface area is 119 Å². The maximum Gasteiger partial charge on any atom is 0.324 e. The van der Waals surface area contributed by atoms with E-state index in [0.29, 0.717) is 0 Å². The second-order valence-electron chi connectivity index (χ2n) is 4.57. The van der Waals surface area contributed by atoms with Gasteiger partial charge in [0.15, 0.2) is 0 Å². The molecule has 0 fully saturated rings. The van der Waals surface area contributed by atoms with Gasteiger partial charge in [-0.15, -0.1) is 0 Å². The van der Waals surface area contributed by atoms with Crippen molar-refractivity contribution in [2.24, 2.45) is 5.41 Å². The van der Waals surface area contributed by atoms with Gasteiger partial charge in [-0.05, 0) is 0 Å². The fourth-order valence-corrected chi connectivity index (χ4v) is 1.15. The molecule has 0 aromatic heterocycles. The van der Waals surface area contributed by atoms with Crippen LogP contribution < -0.4 is 5.32 Å². The number of hydrogen-bond acceptors (Lipinski definition) is 6. The summed E-state index contributed by atoms with van der Waals surface area (Å²) in [6, 6.07) is 0. The first-order chi connectivity index (χ1) is 8.74. The minimum absolute atomic E-state index is 0.0637. The zero-order valence-corrected chi connectivity index (χ0v) is 12.4. The van der Waals surface area contributed by atoms with Gasteiger partial charge in [-0.25, -0.2) is 0 Å². The van der Waals surface area contributed by atoms with E-state index in [1.165, 1.54) is 13.8 Å². The first-order valence-corrected chi connectivity index (χ1v) is 6.73. The van der Waals surface area contributed by atoms with Gasteiger partial charge in [0.2, 0.25) is 5.91 Å². The minimum Gasteiger partial charge on any atom is -0.396 e. The summed E-state index contributed by atoms with van der Waals surface area (Å²) in [5.41, 5.74) is -0.976. The predicted octanol–water partition coefficient (Wildman–Crippen LogP) is -0.663. The SMILES string of the molecule is CC(C)(CO)[C@@H](O)C(=O)NCCC(=O)OC(=O)CBr. The molecule has 1 atom stereocenters. The molecular formula is C11H18BrNO6. The van der Waals surface area contributed by atoms with Crippen molar-refractivity contribution >= 4 is 33.8 Å². The summed E-state index contributed by atoms with van der Waals surface area (Å²) in [5.74, 6) is -2.17. The topological polar surface area (TPSA) is 113 Å². The Morgan fingerprint density at radius 2 is 1.89 bits per heavy atom. The summed E-state index contributed by atoms with van der Waals surface area (Å²) < 4.78 is 4.35. The molecule has 0 unspecified atom stereocenters. The summed E-state index contributed by atoms with van der Waals surface area (Å²) >= 11 is 2.83. The Morgan fingerprint density at radius 1 is 1.32 bits per heavy atom. The number of ether oxygens (including phenoxy) is 1. The number of carbonyl (C=O) groups excluding carboxylic acids is 3. The number of esters is 2. The molecule has 3 N–H and O–H groups in total. The van der Waals surface area contributed by atoms with Gasteiger partial charge in [-0.1, -0.05) is 29.8 Å². The van der Waals surface area contributed by atoms with Crippen molar-refractivity contribution in [1.82, 2.24) is 5.32 Å². The van der Waals surface area contributed by atoms with Crippen LogP contribution in [0.2, 0.25) is 0 Å². The lowest BCUT2D eigenvalue weighted by Gasteiger charge is -2.27. The Bertz CT molecular complexity index is 344. The van der Waals surface area contributed by atoms with Crippen molar-refractivity contribution < 1.29 is 29.3 Å². The lowest BCUT2D eigenvalue weighted by Crippen LogP contribution is -2.46. The average molecular weight is 340 g/mol. The molecular weight excluding hydrogens is 322 g/mol. The number of rotatable bonds is 7. The maximum atomic E-state index is 11.5. The quantitative estimate of drug-likeness (QED) is 0.322. The normalized spacial score (nSPS) is 12.7. The molecule has 0 saturated carbocycles. The van der Waals surface area contributed by atoms with Crippen LogP contribution in [0.1, 0.15) is 20.3 Å². The number of aliphatic hydroxyl groups excluding tert-OH is 2. The predicted molar refractivity (Wildman–Crippen MR) is 69.4 cm³/mol. The van der Waals surface area contributed by atoms with E-state index in [2.05, 4.69) is 26.0 Å². The molecule has 7 nitrogen and oxygen atoms in total. The van der Waals surface area contributed by atoms with Crippen LogP contribution in [0.3, 0.4) is 0 Å². The summed E-state index contributed by atoms with van der Waals surface area (Å²) in [4.78, 5) is 33.4. The minimum atomic E-state index is -1.39. The molecule has 1 amide bonds. The first kappa shape index (κ1) is 18.0. The van der Waals surface area contributed by atoms with Crippen LogP contribution in [0.25, 0.3) is 0 Å². The van der Waals surface area contributed by atoms with E-state index >= 15 is 0 Å². The molecule has 0 heterocycles. The Kier molecular flexibility index (Phi) is 7.81. The lowest BCUT2D eigenvalue weighted by atomic mass is 9.87. The van der Waals surface area contributed by atoms with Crippen molar-refractivity contribution in [3.63, 3.8) is 0 Å². The first-order valence-electron chi connectivity index (χ1n) is 5.60. The smallest absolute Gasteiger partial charge is 0.324 e. The molecule has 0 aliphatic carbocycles. The molecule has 19 heavy (non-hydrogen) atoms. The average Bonchev–Trinajstić information content (AvgIpc) is 2.37. The molecule has 0 rings (SSSR count). The van der Waals surface area contributed by atoms with E-state index in [9.17, 15) is 19.5 Å². The molecule has 0 bridgehead atoms. The number of aliphatic hydroxyl groups is 2. The summed E-state index contributed by atoms with van der Waals surface area (Å²) in [5, 5.41) is 20.9. The standard InChI is InChI=1S/C11H18BrNO6/c1-11(2,6-14)9(17)10(18)13-4-3-7(15)19-8(16)5-12/h9,14,17H,3-6H2,1-2H3,(H,13,18)/t9-/m0/s1. The molecule has 0 aliphatic rings. The second kappa shape index (κ2) is 8.23. The van der Waals surface area contributed by atoms with Crippen LogP contribution in [-0.4, -0.2) is 52.6 Å². The maximum absolute atomic E-state index is 11.5. The summed E-state index contributed by atoms with van der Waals surface area (Å²) in [6.07, 6.45) is -1.57. The monoisotopic (exact) mass is 339 g/mol. The fraction of sp³-hybridized carbons (Fsp3) is 0.727. The van der Waals surface area contributed by atoms with Gasteiger partial charge in [0.05, 0.1) is 13.0 Å². The summed E-state index contributed by atoms with van der Waals surface area (Å²) in [6.45, 7) is 2.63. The number of carbonyl (C=O) groups is 3. The van der Waals surface area contributed by atoms with Crippen molar-refractivity contribution in [1.29, 1.82) is 0 Å². The van der Waals surface area contributed by atoms with Crippen LogP contribution in [0.4, 0.5) is 0 Å². The zero-order valence-electron chi connectivity index (χ0n) is 10.8. The number of hydrogen-bond donors (Lipinski definition) is 3. The van der Waals surface area contributed by atoms with E-state index < -0.39 is 29.4 Å². The van der Waals surface area contributed by atoms with Gasteiger partial charge in [-0.3, -0.25) is 14.4 Å². The second-order valence-corrected chi connectivity index (χ2v) is 5.13. The molecule has 8 heteroatoms. The highest BCUT2D eigenvalue weighted by Crippen LogP contribution is 2.19. The largest absolute Gasteiger partial charge is 0.396 e. The van der Waals surface area contributed by atoms with E-state index in [4.69, 9.17) is 5.11 Å². The molecule has 0 aromatic carbocycles. The summed E-state index contributed by atoms with van der Waals surface area (Å²) in [7, 11) is 0. The van der Waals surface area contributed by atoms with Crippen molar-refractivity contribution in [3.8, 4) is 0 Å². The van der Waals surface area contributed by atoms with Crippen LogP contribution in [0, 0.1) is 5.41 Å². The number of amides is 1. The van der Waals surface area contributed by atoms with Crippen LogP contribution in [0.15, 0.2) is 0 Å². The van der Waals surface area contributed by atoms with Gasteiger partial charge >= 0.3 is 11.9 Å². The van der Waals surface area contributed by atoms with Gasteiger partial charge < -0.3 is 20.3 Å². The van der Waals surface area contributed by atoms with Gasteiger partial charge in [0.1, 0.15) is 11.4 Å². The van der Waals surface area contributed by atoms with Crippen LogP contribution >= 0.6 is 15.9 Å². The lowest BCUT2D eigenvalue weighted by molar-refractivity contribution is -0.157. The van der Waals surface area contributed by atoms with Crippen molar-refractivity contribution in [2.45, 2.75) is 26.4 Å². The number of alkyl halides is 1. The Balaban J connectivity index is 4.05. The highest BCUT2D eigenvalue weighted by Gasteiger charge is 2.32. The number of nitrogens with one attached hydrogen (secondary N) is 1. The third-order valence-corrected chi connectivity index (χ3v) is 2.82. The Hall–Kier alpha value is -0.990. The molecule has 0 aliphatic heterocycles. The van der Waals surface area contributed by atoms with E-state index in [1.54, 1.807) is 0 Å². The fourth-order valence-electron chi connectivity index (χ4n) is 1.03. The molecule has 110 valence electrons. The van der Waals surface area contributed by atoms with Crippen molar-refractivity contribution in [3.05, 3.63) is 0 Å². The van der Waals surface area contributed by atoms with Crippen LogP contribution in [-0.2, 0) is 19.1 Å². The van der Waals surface area contributed by atoms with Gasteiger partial charge in [0, 0.05) is 12.0 Å². The molecule has 0 spiro atoms. The van der Waals surface area contributed by atoms with Crippen molar-refractivity contribution in [2.75, 3.05) is 18.5 Å². The molecule has 0 radical (unpaired) electrons. The third kappa shape index (κ3) is 6.65. The molecule has 0 aromatic rings.